The van der Waals surface area contributed by atoms with Gasteiger partial charge >= 0.3 is 6.03 Å². The van der Waals surface area contributed by atoms with Crippen molar-refractivity contribution in [2.45, 2.75) is 5.37 Å². The number of nitrogens with one attached hydrogen (secondary N) is 1. The third-order valence-electron chi connectivity index (χ3n) is 4.92. The third-order valence-corrected chi connectivity index (χ3v) is 6.18. The van der Waals surface area contributed by atoms with Gasteiger partial charge in [-0.15, -0.1) is 11.8 Å². The summed E-state index contributed by atoms with van der Waals surface area (Å²) in [5.74, 6) is 3.60. The van der Waals surface area contributed by atoms with Crippen molar-refractivity contribution in [1.29, 1.82) is 0 Å². The number of carbonyl (C=O) groups excluding carboxylic acids is 1. The van der Waals surface area contributed by atoms with Crippen LogP contribution in [0.3, 0.4) is 0 Å². The van der Waals surface area contributed by atoms with Crippen LogP contribution in [-0.4, -0.2) is 37.4 Å². The number of benzene rings is 3. The highest BCUT2D eigenvalue weighted by Gasteiger charge is 2.31. The number of urea groups is 1. The molecule has 1 saturated heterocycles. The average molecular weight is 437 g/mol. The van der Waals surface area contributed by atoms with Crippen molar-refractivity contribution in [1.82, 2.24) is 4.90 Å². The molecule has 0 spiro atoms. The first-order chi connectivity index (χ1) is 15.2. The number of rotatable bonds is 6. The van der Waals surface area contributed by atoms with Gasteiger partial charge < -0.3 is 24.4 Å². The van der Waals surface area contributed by atoms with Crippen molar-refractivity contribution in [3.63, 3.8) is 0 Å². The van der Waals surface area contributed by atoms with Crippen LogP contribution in [0.5, 0.6) is 23.0 Å². The van der Waals surface area contributed by atoms with Crippen molar-refractivity contribution < 1.29 is 19.0 Å². The summed E-state index contributed by atoms with van der Waals surface area (Å²) in [5, 5.41) is 2.88. The lowest BCUT2D eigenvalue weighted by molar-refractivity contribution is 0.214. The largest absolute Gasteiger partial charge is 0.497 e. The Bertz CT molecular complexity index is 1040. The van der Waals surface area contributed by atoms with Gasteiger partial charge in [0.25, 0.3) is 0 Å². The molecule has 1 aliphatic rings. The van der Waals surface area contributed by atoms with Crippen LogP contribution in [0.25, 0.3) is 0 Å². The summed E-state index contributed by atoms with van der Waals surface area (Å²) >= 11 is 1.73. The Morgan fingerprint density at radius 2 is 1.74 bits per heavy atom. The summed E-state index contributed by atoms with van der Waals surface area (Å²) in [6.07, 6.45) is 0. The molecule has 1 aliphatic heterocycles. The summed E-state index contributed by atoms with van der Waals surface area (Å²) < 4.78 is 16.6. The number of para-hydroxylation sites is 1. The van der Waals surface area contributed by atoms with E-state index in [-0.39, 0.29) is 11.4 Å². The second-order valence-corrected chi connectivity index (χ2v) is 8.09. The monoisotopic (exact) mass is 436 g/mol. The summed E-state index contributed by atoms with van der Waals surface area (Å²) in [6.45, 7) is 0.656. The fourth-order valence-corrected chi connectivity index (χ4v) is 4.64. The highest BCUT2D eigenvalue weighted by atomic mass is 32.2. The number of amides is 2. The highest BCUT2D eigenvalue weighted by molar-refractivity contribution is 7.99. The molecule has 0 aliphatic carbocycles. The van der Waals surface area contributed by atoms with Crippen LogP contribution in [0.4, 0.5) is 10.5 Å². The number of ether oxygens (including phenoxy) is 3. The number of hydrogen-bond donors (Lipinski definition) is 1. The Labute approximate surface area is 186 Å². The Hall–Kier alpha value is -3.32. The maximum Gasteiger partial charge on any atom is 0.323 e. The van der Waals surface area contributed by atoms with E-state index in [4.69, 9.17) is 14.2 Å². The first-order valence-corrected chi connectivity index (χ1v) is 11.0. The fourth-order valence-electron chi connectivity index (χ4n) is 3.40. The Balaban J connectivity index is 1.50. The summed E-state index contributed by atoms with van der Waals surface area (Å²) in [4.78, 5) is 14.9. The van der Waals surface area contributed by atoms with E-state index in [1.807, 2.05) is 59.5 Å². The van der Waals surface area contributed by atoms with Gasteiger partial charge in [0.05, 0.1) is 19.9 Å². The van der Waals surface area contributed by atoms with Crippen LogP contribution < -0.4 is 19.5 Å². The molecule has 1 atom stereocenters. The molecule has 6 nitrogen and oxygen atoms in total. The molecule has 3 aromatic rings. The molecule has 3 aromatic carbocycles. The Morgan fingerprint density at radius 1 is 0.935 bits per heavy atom. The lowest BCUT2D eigenvalue weighted by atomic mass is 10.2. The first kappa shape index (κ1) is 20.9. The SMILES string of the molecule is COc1ccc(NC(=O)N2CCSC2c2cccc(Oc3ccccc3)c2)c(OC)c1. The predicted octanol–water partition coefficient (Wildman–Crippen LogP) is 5.78. The number of anilines is 1. The predicted molar refractivity (Wildman–Crippen MR) is 123 cm³/mol. The standard InChI is InChI=1S/C24H24N2O4S/c1-28-19-11-12-21(22(16-19)29-2)25-24(27)26-13-14-31-23(26)17-7-6-10-20(15-17)30-18-8-4-3-5-9-18/h3-12,15-16,23H,13-14H2,1-2H3,(H,25,27). The zero-order valence-electron chi connectivity index (χ0n) is 17.4. The van der Waals surface area contributed by atoms with Crippen LogP contribution in [-0.2, 0) is 0 Å². The normalized spacial score (nSPS) is 15.4. The Kier molecular flexibility index (Phi) is 6.52. The van der Waals surface area contributed by atoms with Crippen molar-refractivity contribution in [2.24, 2.45) is 0 Å². The van der Waals surface area contributed by atoms with E-state index in [0.717, 1.165) is 22.8 Å². The van der Waals surface area contributed by atoms with Gasteiger partial charge in [-0.05, 0) is 42.0 Å². The lowest BCUT2D eigenvalue weighted by Gasteiger charge is -2.25. The van der Waals surface area contributed by atoms with Crippen LogP contribution in [0.15, 0.2) is 72.8 Å². The molecule has 1 fully saturated rings. The number of carbonyl (C=O) groups is 1. The van der Waals surface area contributed by atoms with Crippen molar-refractivity contribution in [3.05, 3.63) is 78.4 Å². The van der Waals surface area contributed by atoms with E-state index >= 15 is 0 Å². The number of methoxy groups -OCH3 is 2. The van der Waals surface area contributed by atoms with Gasteiger partial charge in [0.15, 0.2) is 0 Å². The highest BCUT2D eigenvalue weighted by Crippen LogP contribution is 2.40. The van der Waals surface area contributed by atoms with E-state index in [1.165, 1.54) is 0 Å². The zero-order valence-corrected chi connectivity index (χ0v) is 18.2. The van der Waals surface area contributed by atoms with Crippen LogP contribution >= 0.6 is 11.8 Å². The lowest BCUT2D eigenvalue weighted by Crippen LogP contribution is -2.34. The van der Waals surface area contributed by atoms with E-state index in [1.54, 1.807) is 44.2 Å². The van der Waals surface area contributed by atoms with Gasteiger partial charge in [0, 0.05) is 18.4 Å². The van der Waals surface area contributed by atoms with Gasteiger partial charge in [0.1, 0.15) is 28.4 Å². The van der Waals surface area contributed by atoms with Crippen LogP contribution in [0, 0.1) is 0 Å². The quantitative estimate of drug-likeness (QED) is 0.531. The van der Waals surface area contributed by atoms with Gasteiger partial charge in [-0.2, -0.15) is 0 Å². The topological polar surface area (TPSA) is 60.0 Å². The third kappa shape index (κ3) is 4.88. The summed E-state index contributed by atoms with van der Waals surface area (Å²) in [5.41, 5.74) is 1.62. The molecule has 0 bridgehead atoms. The maximum absolute atomic E-state index is 13.1. The minimum Gasteiger partial charge on any atom is -0.497 e. The van der Waals surface area contributed by atoms with Gasteiger partial charge in [0.2, 0.25) is 0 Å². The van der Waals surface area contributed by atoms with Gasteiger partial charge in [-0.25, -0.2) is 4.79 Å². The van der Waals surface area contributed by atoms with Crippen molar-refractivity contribution >= 4 is 23.5 Å². The fraction of sp³-hybridized carbons (Fsp3) is 0.208. The molecule has 0 aromatic heterocycles. The number of hydrogen-bond acceptors (Lipinski definition) is 5. The first-order valence-electron chi connectivity index (χ1n) is 9.92. The van der Waals surface area contributed by atoms with Crippen molar-refractivity contribution in [2.75, 3.05) is 31.8 Å². The second kappa shape index (κ2) is 9.66. The molecule has 160 valence electrons. The molecule has 0 saturated carbocycles. The molecule has 2 amide bonds. The van der Waals surface area contributed by atoms with E-state index in [2.05, 4.69) is 5.32 Å². The zero-order chi connectivity index (χ0) is 21.6. The summed E-state index contributed by atoms with van der Waals surface area (Å²) in [7, 11) is 3.16. The van der Waals surface area contributed by atoms with Gasteiger partial charge in [-0.3, -0.25) is 0 Å². The molecular weight excluding hydrogens is 412 g/mol. The molecule has 1 heterocycles. The van der Waals surface area contributed by atoms with Crippen LogP contribution in [0.2, 0.25) is 0 Å². The van der Waals surface area contributed by atoms with E-state index in [0.29, 0.717) is 23.7 Å². The maximum atomic E-state index is 13.1. The van der Waals surface area contributed by atoms with Crippen molar-refractivity contribution in [3.8, 4) is 23.0 Å². The minimum absolute atomic E-state index is 0.0939. The summed E-state index contributed by atoms with van der Waals surface area (Å²) in [6, 6.07) is 22.7. The molecule has 1 unspecified atom stereocenters. The molecule has 31 heavy (non-hydrogen) atoms. The van der Waals surface area contributed by atoms with E-state index in [9.17, 15) is 4.79 Å². The van der Waals surface area contributed by atoms with Crippen LogP contribution in [0.1, 0.15) is 10.9 Å². The minimum atomic E-state index is -0.173. The number of nitrogens with zero attached hydrogens (tertiary/aromatic N) is 1. The molecule has 0 radical (unpaired) electrons. The molecule has 7 heteroatoms. The van der Waals surface area contributed by atoms with E-state index < -0.39 is 0 Å². The van der Waals surface area contributed by atoms with Gasteiger partial charge in [-0.1, -0.05) is 30.3 Å². The molecule has 1 N–H and O–H groups in total. The molecular formula is C24H24N2O4S. The second-order valence-electron chi connectivity index (χ2n) is 6.90. The Morgan fingerprint density at radius 3 is 2.52 bits per heavy atom. The number of thioether (sulfide) groups is 1. The smallest absolute Gasteiger partial charge is 0.323 e. The molecule has 4 rings (SSSR count). The average Bonchev–Trinajstić information content (AvgIpc) is 3.30.